The zero-order chi connectivity index (χ0) is 40.2. The topological polar surface area (TPSA) is 142 Å². The van der Waals surface area contributed by atoms with E-state index < -0.39 is 30.1 Å². The van der Waals surface area contributed by atoms with Crippen molar-refractivity contribution in [3.05, 3.63) is 35.9 Å². The van der Waals surface area contributed by atoms with Gasteiger partial charge in [0.25, 0.3) is 0 Å². The van der Waals surface area contributed by atoms with Crippen LogP contribution in [0.4, 0.5) is 0 Å². The van der Waals surface area contributed by atoms with Gasteiger partial charge >= 0.3 is 5.97 Å². The number of ether oxygens (including phenoxy) is 6. The number of carbonyl (C=O) groups excluding carboxylic acids is 4. The lowest BCUT2D eigenvalue weighted by Gasteiger charge is -2.40. The van der Waals surface area contributed by atoms with Gasteiger partial charge in [0.2, 0.25) is 17.7 Å². The van der Waals surface area contributed by atoms with Gasteiger partial charge in [-0.1, -0.05) is 78.3 Å². The predicted octanol–water partition coefficient (Wildman–Crippen LogP) is 4.15. The van der Waals surface area contributed by atoms with Gasteiger partial charge in [0, 0.05) is 47.3 Å². The van der Waals surface area contributed by atoms with E-state index in [2.05, 4.69) is 19.2 Å². The number of esters is 1. The lowest BCUT2D eigenvalue weighted by Crippen LogP contribution is -2.54. The Morgan fingerprint density at radius 2 is 1.50 bits per heavy atom. The number of rotatable bonds is 26. The van der Waals surface area contributed by atoms with E-state index >= 15 is 0 Å². The normalized spacial score (nSPS) is 18.4. The minimum absolute atomic E-state index is 0.0223. The predicted molar refractivity (Wildman–Crippen MR) is 207 cm³/mol. The molecule has 1 N–H and O–H groups in total. The summed E-state index contributed by atoms with van der Waals surface area (Å²) in [6, 6.07) is 7.80. The van der Waals surface area contributed by atoms with Gasteiger partial charge in [0.05, 0.1) is 69.7 Å². The van der Waals surface area contributed by atoms with E-state index in [0.717, 1.165) is 18.4 Å². The van der Waals surface area contributed by atoms with Crippen molar-refractivity contribution in [2.45, 2.75) is 104 Å². The summed E-state index contributed by atoms with van der Waals surface area (Å²) in [4.78, 5) is 58.3. The zero-order valence-electron chi connectivity index (χ0n) is 34.5. The van der Waals surface area contributed by atoms with Crippen LogP contribution in [0, 0.1) is 23.7 Å². The van der Waals surface area contributed by atoms with E-state index in [1.165, 1.54) is 0 Å². The third-order valence-electron chi connectivity index (χ3n) is 10.8. The van der Waals surface area contributed by atoms with Crippen LogP contribution < -0.4 is 5.32 Å². The Labute approximate surface area is 324 Å². The maximum Gasteiger partial charge on any atom is 0.329 e. The first-order valence-corrected chi connectivity index (χ1v) is 19.6. The van der Waals surface area contributed by atoms with Crippen molar-refractivity contribution < 1.29 is 47.6 Å². The van der Waals surface area contributed by atoms with Crippen molar-refractivity contribution in [2.24, 2.45) is 23.7 Å². The van der Waals surface area contributed by atoms with Gasteiger partial charge in [-0.15, -0.1) is 0 Å². The van der Waals surface area contributed by atoms with Gasteiger partial charge in [-0.3, -0.25) is 14.4 Å². The molecular formula is C41H69N3O10. The van der Waals surface area contributed by atoms with Crippen LogP contribution in [0.3, 0.4) is 0 Å². The van der Waals surface area contributed by atoms with Crippen LogP contribution in [-0.2, 0) is 54.0 Å². The van der Waals surface area contributed by atoms with Gasteiger partial charge in [-0.05, 0) is 30.2 Å². The molecule has 1 aliphatic rings. The van der Waals surface area contributed by atoms with E-state index in [-0.39, 0.29) is 73.6 Å². The average molecular weight is 764 g/mol. The molecule has 1 aromatic carbocycles. The molecule has 8 atom stereocenters. The first-order valence-electron chi connectivity index (χ1n) is 19.6. The molecule has 0 spiro atoms. The number of hydrogen-bond acceptors (Lipinski definition) is 10. The SMILES string of the molecule is CC[C@H](C)[C@@H]([C@@H](CC(=O)N1CCC[C@H]1[C@H](OC)[C@@H](C)C(=O)N[C@@H](Cc1ccccc1)C(=O)OCCOCCOCCOC)OC)N(C)C(=O)[C@@H](C)C(C)C. The monoisotopic (exact) mass is 763 g/mol. The molecule has 1 aliphatic heterocycles. The largest absolute Gasteiger partial charge is 0.462 e. The van der Waals surface area contributed by atoms with Crippen LogP contribution in [0.5, 0.6) is 0 Å². The van der Waals surface area contributed by atoms with Crippen LogP contribution in [0.15, 0.2) is 30.3 Å². The molecule has 1 fully saturated rings. The second-order valence-corrected chi connectivity index (χ2v) is 14.8. The molecule has 1 aromatic rings. The fraction of sp³-hybridized carbons (Fsp3) is 0.756. The van der Waals surface area contributed by atoms with Gasteiger partial charge in [0.1, 0.15) is 12.6 Å². The highest BCUT2D eigenvalue weighted by molar-refractivity contribution is 5.86. The molecule has 1 saturated heterocycles. The Hall–Kier alpha value is -3.10. The Bertz CT molecular complexity index is 1250. The Morgan fingerprint density at radius 1 is 0.870 bits per heavy atom. The number of benzene rings is 1. The number of likely N-dealkylation sites (tertiary alicyclic amines) is 1. The first-order chi connectivity index (χ1) is 25.8. The molecule has 1 heterocycles. The quantitative estimate of drug-likeness (QED) is 0.108. The number of nitrogens with zero attached hydrogens (tertiary/aromatic N) is 2. The second kappa shape index (κ2) is 25.1. The Kier molecular flexibility index (Phi) is 21.9. The maximum absolute atomic E-state index is 14.1. The lowest BCUT2D eigenvalue weighted by atomic mass is 9.88. The maximum atomic E-state index is 14.1. The molecule has 54 heavy (non-hydrogen) atoms. The molecule has 13 nitrogen and oxygen atoms in total. The third-order valence-corrected chi connectivity index (χ3v) is 10.8. The summed E-state index contributed by atoms with van der Waals surface area (Å²) in [5, 5.41) is 2.92. The summed E-state index contributed by atoms with van der Waals surface area (Å²) in [5.41, 5.74) is 0.863. The molecule has 2 rings (SSSR count). The summed E-state index contributed by atoms with van der Waals surface area (Å²) in [5.74, 6) is -1.63. The van der Waals surface area contributed by atoms with Crippen molar-refractivity contribution in [1.29, 1.82) is 0 Å². The smallest absolute Gasteiger partial charge is 0.329 e. The molecule has 0 unspecified atom stereocenters. The molecular weight excluding hydrogens is 694 g/mol. The molecule has 0 aliphatic carbocycles. The highest BCUT2D eigenvalue weighted by Crippen LogP contribution is 2.30. The van der Waals surface area contributed by atoms with Gasteiger partial charge in [0.15, 0.2) is 0 Å². The van der Waals surface area contributed by atoms with Crippen molar-refractivity contribution in [1.82, 2.24) is 15.1 Å². The summed E-state index contributed by atoms with van der Waals surface area (Å²) in [6.07, 6.45) is 1.40. The van der Waals surface area contributed by atoms with Crippen LogP contribution in [0.1, 0.15) is 72.8 Å². The van der Waals surface area contributed by atoms with Crippen LogP contribution in [0.2, 0.25) is 0 Å². The van der Waals surface area contributed by atoms with Crippen LogP contribution in [0.25, 0.3) is 0 Å². The highest BCUT2D eigenvalue weighted by atomic mass is 16.6. The van der Waals surface area contributed by atoms with Crippen molar-refractivity contribution in [3.63, 3.8) is 0 Å². The summed E-state index contributed by atoms with van der Waals surface area (Å²) < 4.78 is 33.3. The van der Waals surface area contributed by atoms with Crippen molar-refractivity contribution in [3.8, 4) is 0 Å². The van der Waals surface area contributed by atoms with Crippen LogP contribution in [-0.4, -0.2) is 138 Å². The standard InChI is InChI=1S/C41H69N3O10/c1-11-29(4)37(43(7)40(47)30(5)28(2)3)35(50-9)27-36(45)44-19-15-18-34(44)38(51-10)31(6)39(46)42-33(26-32-16-13-12-14-17-32)41(48)54-25-24-53-23-22-52-21-20-49-8/h12-14,16-17,28-31,33-35,37-38H,11,15,18-27H2,1-10H3,(H,42,46)/t29-,30-,31+,33-,34-,35+,37-,38+/m0/s1. The van der Waals surface area contributed by atoms with E-state index in [4.69, 9.17) is 28.4 Å². The number of hydrogen-bond donors (Lipinski definition) is 1. The summed E-state index contributed by atoms with van der Waals surface area (Å²) in [7, 11) is 6.55. The van der Waals surface area contributed by atoms with Crippen molar-refractivity contribution in [2.75, 3.05) is 74.6 Å². The van der Waals surface area contributed by atoms with E-state index in [0.29, 0.717) is 39.4 Å². The Balaban J connectivity index is 2.14. The fourth-order valence-electron chi connectivity index (χ4n) is 7.02. The molecule has 308 valence electrons. The van der Waals surface area contributed by atoms with E-state index in [9.17, 15) is 19.2 Å². The number of methoxy groups -OCH3 is 3. The summed E-state index contributed by atoms with van der Waals surface area (Å²) >= 11 is 0. The lowest BCUT2D eigenvalue weighted by molar-refractivity contribution is -0.151. The van der Waals surface area contributed by atoms with Crippen molar-refractivity contribution >= 4 is 23.7 Å². The first kappa shape index (κ1) is 47.1. The molecule has 3 amide bonds. The van der Waals surface area contributed by atoms with Crippen LogP contribution >= 0.6 is 0 Å². The number of carbonyl (C=O) groups is 4. The average Bonchev–Trinajstić information content (AvgIpc) is 3.66. The number of nitrogens with one attached hydrogen (secondary N) is 1. The zero-order valence-corrected chi connectivity index (χ0v) is 34.5. The van der Waals surface area contributed by atoms with Gasteiger partial charge < -0.3 is 43.5 Å². The van der Waals surface area contributed by atoms with Gasteiger partial charge in [-0.25, -0.2) is 4.79 Å². The van der Waals surface area contributed by atoms with Gasteiger partial charge in [-0.2, -0.15) is 0 Å². The molecule has 0 bridgehead atoms. The molecule has 0 radical (unpaired) electrons. The van der Waals surface area contributed by atoms with E-state index in [1.807, 2.05) is 58.2 Å². The minimum atomic E-state index is -0.948. The molecule has 0 saturated carbocycles. The Morgan fingerprint density at radius 3 is 2.07 bits per heavy atom. The third kappa shape index (κ3) is 14.5. The highest BCUT2D eigenvalue weighted by Gasteiger charge is 2.43. The molecule has 13 heteroatoms. The second-order valence-electron chi connectivity index (χ2n) is 14.8. The summed E-state index contributed by atoms with van der Waals surface area (Å²) in [6.45, 7) is 14.4. The number of amides is 3. The fourth-order valence-corrected chi connectivity index (χ4v) is 7.02. The molecule has 0 aromatic heterocycles. The number of likely N-dealkylation sites (N-methyl/N-ethyl adjacent to an activating group) is 1. The minimum Gasteiger partial charge on any atom is -0.462 e. The van der Waals surface area contributed by atoms with E-state index in [1.54, 1.807) is 38.1 Å².